The maximum Gasteiger partial charge on any atom is -0.000660 e. The minimum absolute atomic E-state index is 0.946. The Kier molecular flexibility index (Phi) is 3.40. The molecule has 0 aliphatic carbocycles. The van der Waals surface area contributed by atoms with Gasteiger partial charge in [-0.2, -0.15) is 0 Å². The molecule has 0 bridgehead atoms. The van der Waals surface area contributed by atoms with Gasteiger partial charge in [0.05, 0.1) is 0 Å². The molecule has 0 aromatic heterocycles. The van der Waals surface area contributed by atoms with Gasteiger partial charge in [-0.3, -0.25) is 0 Å². The van der Waals surface area contributed by atoms with Gasteiger partial charge in [-0.15, -0.1) is 0 Å². The second-order valence-electron chi connectivity index (χ2n) is 1.31. The average molecular weight is 104 g/mol. The molecule has 0 heterocycles. The van der Waals surface area contributed by atoms with E-state index >= 15 is 0 Å². The van der Waals surface area contributed by atoms with Gasteiger partial charge in [-0.25, -0.2) is 0 Å². The predicted molar refractivity (Wildman–Crippen MR) is 35.5 cm³/mol. The van der Waals surface area contributed by atoms with Crippen LogP contribution in [0.1, 0.15) is 6.92 Å². The lowest BCUT2D eigenvalue weighted by molar-refractivity contribution is 1.56. The van der Waals surface area contributed by atoms with Crippen LogP contribution < -0.4 is 0 Å². The Morgan fingerprint density at radius 1 is 1.62 bits per heavy atom. The largest absolute Gasteiger partial charge is 0.0982 e. The highest BCUT2D eigenvalue weighted by Crippen LogP contribution is 1.85. The van der Waals surface area contributed by atoms with Crippen LogP contribution >= 0.6 is 0 Å². The molecule has 0 saturated carbocycles. The maximum atomic E-state index is 3.53. The predicted octanol–water partition coefficient (Wildman–Crippen LogP) is 2.21. The van der Waals surface area contributed by atoms with E-state index in [2.05, 4.69) is 30.4 Å². The summed E-state index contributed by atoms with van der Waals surface area (Å²) in [4.78, 5) is 0. The Balaban J connectivity index is 4.63. The van der Waals surface area contributed by atoms with E-state index in [1.54, 1.807) is 6.08 Å². The summed E-state index contributed by atoms with van der Waals surface area (Å²) in [5, 5.41) is 0. The van der Waals surface area contributed by atoms with E-state index in [1.807, 2.05) is 6.92 Å². The first kappa shape index (κ1) is 6.82. The Morgan fingerprint density at radius 3 is 2.62 bits per heavy atom. The minimum Gasteiger partial charge on any atom is -0.0982 e. The fraction of sp³-hybridized carbons (Fsp3) is 0.125. The summed E-state index contributed by atoms with van der Waals surface area (Å²) >= 11 is 0. The molecule has 0 aromatic carbocycles. The number of hydrogen-bond acceptors (Lipinski definition) is 0. The fourth-order valence-corrected chi connectivity index (χ4v) is 0.194. The molecule has 0 spiro atoms. The summed E-state index contributed by atoms with van der Waals surface area (Å²) in [5.41, 5.74) is 8.74. The highest BCUT2D eigenvalue weighted by atomic mass is 13.7. The monoisotopic (exact) mass is 104 g/mol. The molecule has 0 atom stereocenters. The summed E-state index contributed by atoms with van der Waals surface area (Å²) in [6, 6.07) is 0. The van der Waals surface area contributed by atoms with E-state index in [0.717, 1.165) is 5.57 Å². The Bertz CT molecular complexity index is 190. The highest BCUT2D eigenvalue weighted by Gasteiger charge is 1.66. The van der Waals surface area contributed by atoms with E-state index in [1.165, 1.54) is 0 Å². The smallest absolute Gasteiger partial charge is 0.000660 e. The van der Waals surface area contributed by atoms with E-state index < -0.39 is 0 Å². The van der Waals surface area contributed by atoms with Gasteiger partial charge in [0.15, 0.2) is 0 Å². The van der Waals surface area contributed by atoms with Crippen molar-refractivity contribution in [3.8, 4) is 0 Å². The highest BCUT2D eigenvalue weighted by molar-refractivity contribution is 5.11. The molecule has 0 unspecified atom stereocenters. The zero-order valence-corrected chi connectivity index (χ0v) is 4.99. The van der Waals surface area contributed by atoms with Crippen molar-refractivity contribution in [3.05, 3.63) is 42.0 Å². The topological polar surface area (TPSA) is 0 Å². The second-order valence-corrected chi connectivity index (χ2v) is 1.31. The third kappa shape index (κ3) is 3.03. The van der Waals surface area contributed by atoms with Crippen molar-refractivity contribution in [2.75, 3.05) is 0 Å². The van der Waals surface area contributed by atoms with Crippen LogP contribution in [0.5, 0.6) is 0 Å². The standard InChI is InChI=1S/C8H8/c1-4-6-7-8(3)5-2/h5H,1-2H2,3H3. The Morgan fingerprint density at radius 2 is 2.25 bits per heavy atom. The summed E-state index contributed by atoms with van der Waals surface area (Å²) in [6.45, 7) is 8.73. The molecule has 0 N–H and O–H groups in total. The lowest BCUT2D eigenvalue weighted by Crippen LogP contribution is -1.54. The van der Waals surface area contributed by atoms with Crippen molar-refractivity contribution in [3.63, 3.8) is 0 Å². The van der Waals surface area contributed by atoms with E-state index in [-0.39, 0.29) is 0 Å². The lowest BCUT2D eigenvalue weighted by Gasteiger charge is -1.72. The SMILES string of the molecule is C=C=C=C=C(C)C=C. The summed E-state index contributed by atoms with van der Waals surface area (Å²) in [5.74, 6) is 0. The third-order valence-corrected chi connectivity index (χ3v) is 0.654. The molecule has 0 nitrogen and oxygen atoms in total. The van der Waals surface area contributed by atoms with Crippen molar-refractivity contribution in [2.45, 2.75) is 6.92 Å². The average Bonchev–Trinajstić information content (AvgIpc) is 1.83. The molecule has 0 aliphatic rings. The van der Waals surface area contributed by atoms with Crippen molar-refractivity contribution < 1.29 is 0 Å². The van der Waals surface area contributed by atoms with Gasteiger partial charge in [0.1, 0.15) is 0 Å². The number of rotatable bonds is 1. The maximum absolute atomic E-state index is 3.53. The first-order chi connectivity index (χ1) is 3.81. The zero-order valence-electron chi connectivity index (χ0n) is 4.99. The number of allylic oxidation sites excluding steroid dienone is 2. The van der Waals surface area contributed by atoms with Crippen molar-refractivity contribution in [1.82, 2.24) is 0 Å². The Labute approximate surface area is 49.8 Å². The molecule has 40 valence electrons. The van der Waals surface area contributed by atoms with Crippen molar-refractivity contribution in [2.24, 2.45) is 0 Å². The van der Waals surface area contributed by atoms with Gasteiger partial charge in [-0.05, 0) is 24.8 Å². The van der Waals surface area contributed by atoms with Crippen LogP contribution in [0.25, 0.3) is 0 Å². The molecule has 0 radical (unpaired) electrons. The minimum atomic E-state index is 0.946. The third-order valence-electron chi connectivity index (χ3n) is 0.654. The zero-order chi connectivity index (χ0) is 6.41. The second kappa shape index (κ2) is 3.99. The molecule has 0 aliphatic heterocycles. The molecule has 0 fully saturated rings. The first-order valence-electron chi connectivity index (χ1n) is 2.30. The summed E-state index contributed by atoms with van der Waals surface area (Å²) in [7, 11) is 0. The first-order valence-corrected chi connectivity index (χ1v) is 2.30. The lowest BCUT2D eigenvalue weighted by atomic mass is 10.3. The molecular formula is C8H8. The fourth-order valence-electron chi connectivity index (χ4n) is 0.194. The Hall–Kier alpha value is -1.18. The molecule has 0 aromatic rings. The molecule has 0 amide bonds. The summed E-state index contributed by atoms with van der Waals surface area (Å²) in [6.07, 6.45) is 1.70. The van der Waals surface area contributed by atoms with Crippen molar-refractivity contribution >= 4 is 0 Å². The normalized spacial score (nSPS) is 5.62. The van der Waals surface area contributed by atoms with Gasteiger partial charge in [0.25, 0.3) is 0 Å². The molecule has 8 heavy (non-hydrogen) atoms. The van der Waals surface area contributed by atoms with Gasteiger partial charge >= 0.3 is 0 Å². The van der Waals surface area contributed by atoms with Crippen LogP contribution in [0.2, 0.25) is 0 Å². The van der Waals surface area contributed by atoms with Crippen LogP contribution in [0, 0.1) is 0 Å². The van der Waals surface area contributed by atoms with Gasteiger partial charge in [0.2, 0.25) is 0 Å². The molecule has 0 rings (SSSR count). The molecule has 0 heteroatoms. The van der Waals surface area contributed by atoms with E-state index in [4.69, 9.17) is 0 Å². The van der Waals surface area contributed by atoms with Crippen LogP contribution in [-0.2, 0) is 0 Å². The van der Waals surface area contributed by atoms with Crippen LogP contribution in [-0.4, -0.2) is 0 Å². The van der Waals surface area contributed by atoms with Gasteiger partial charge in [-0.1, -0.05) is 24.1 Å². The van der Waals surface area contributed by atoms with Crippen LogP contribution in [0.4, 0.5) is 0 Å². The van der Waals surface area contributed by atoms with Gasteiger partial charge in [0, 0.05) is 0 Å². The van der Waals surface area contributed by atoms with Crippen molar-refractivity contribution in [1.29, 1.82) is 0 Å². The molecular weight excluding hydrogens is 96.1 g/mol. The molecule has 0 saturated heterocycles. The van der Waals surface area contributed by atoms with Crippen LogP contribution in [0.3, 0.4) is 0 Å². The number of hydrogen-bond donors (Lipinski definition) is 0. The quantitative estimate of drug-likeness (QED) is 0.353. The van der Waals surface area contributed by atoms with Crippen LogP contribution in [0.15, 0.2) is 42.0 Å². The van der Waals surface area contributed by atoms with E-state index in [9.17, 15) is 0 Å². The van der Waals surface area contributed by atoms with E-state index in [0.29, 0.717) is 0 Å². The van der Waals surface area contributed by atoms with Gasteiger partial charge < -0.3 is 0 Å². The summed E-state index contributed by atoms with van der Waals surface area (Å²) < 4.78 is 0.